The van der Waals surface area contributed by atoms with Crippen LogP contribution in [0, 0.1) is 0 Å². The van der Waals surface area contributed by atoms with E-state index in [0.29, 0.717) is 4.05 Å². The maximum Gasteiger partial charge on any atom is 0.104 e. The van der Waals surface area contributed by atoms with E-state index in [2.05, 4.69) is 51.8 Å². The fraction of sp³-hybridized carbons (Fsp3) is 0.400. The molecule has 3 heteroatoms. The third-order valence-electron chi connectivity index (χ3n) is 2.16. The van der Waals surface area contributed by atoms with Gasteiger partial charge in [-0.05, 0) is 12.1 Å². The molecule has 1 aliphatic heterocycles. The summed E-state index contributed by atoms with van der Waals surface area (Å²) in [4.78, 5) is 2.38. The fourth-order valence-electron chi connectivity index (χ4n) is 1.48. The quantitative estimate of drug-likeness (QED) is 0.447. The van der Waals surface area contributed by atoms with Gasteiger partial charge in [-0.1, -0.05) is 40.8 Å². The Morgan fingerprint density at radius 1 is 1.31 bits per heavy atom. The molecular formula is C10H12INO. The Balaban J connectivity index is 2.15. The standard InChI is InChI=1S/C10H12INO/c11-10-8-13-7-6-12(10)9-4-2-1-3-5-9/h1-5,10H,6-8H2. The first-order chi connectivity index (χ1) is 6.38. The van der Waals surface area contributed by atoms with Crippen LogP contribution in [-0.2, 0) is 4.74 Å². The van der Waals surface area contributed by atoms with Crippen LogP contribution in [0.25, 0.3) is 0 Å². The van der Waals surface area contributed by atoms with Crippen LogP contribution in [0.15, 0.2) is 30.3 Å². The van der Waals surface area contributed by atoms with Crippen LogP contribution >= 0.6 is 22.6 Å². The predicted molar refractivity (Wildman–Crippen MR) is 62.4 cm³/mol. The molecule has 0 saturated carbocycles. The molecule has 1 aromatic carbocycles. The van der Waals surface area contributed by atoms with Crippen molar-refractivity contribution in [3.63, 3.8) is 0 Å². The lowest BCUT2D eigenvalue weighted by atomic mass is 10.3. The molecule has 1 atom stereocenters. The van der Waals surface area contributed by atoms with Gasteiger partial charge in [0, 0.05) is 12.2 Å². The summed E-state index contributed by atoms with van der Waals surface area (Å²) in [6.07, 6.45) is 0. The van der Waals surface area contributed by atoms with Crippen LogP contribution < -0.4 is 4.90 Å². The van der Waals surface area contributed by atoms with Crippen molar-refractivity contribution in [2.24, 2.45) is 0 Å². The highest BCUT2D eigenvalue weighted by molar-refractivity contribution is 14.1. The lowest BCUT2D eigenvalue weighted by molar-refractivity contribution is 0.118. The van der Waals surface area contributed by atoms with E-state index in [-0.39, 0.29) is 0 Å². The van der Waals surface area contributed by atoms with Crippen molar-refractivity contribution in [3.8, 4) is 0 Å². The first kappa shape index (κ1) is 9.27. The highest BCUT2D eigenvalue weighted by Crippen LogP contribution is 2.22. The molecule has 13 heavy (non-hydrogen) atoms. The third kappa shape index (κ3) is 2.14. The number of morpholine rings is 1. The van der Waals surface area contributed by atoms with E-state index in [0.717, 1.165) is 19.8 Å². The Morgan fingerprint density at radius 3 is 2.77 bits per heavy atom. The molecule has 0 N–H and O–H groups in total. The van der Waals surface area contributed by atoms with E-state index >= 15 is 0 Å². The van der Waals surface area contributed by atoms with Crippen LogP contribution in [0.1, 0.15) is 0 Å². The number of nitrogens with zero attached hydrogens (tertiary/aromatic N) is 1. The number of rotatable bonds is 1. The van der Waals surface area contributed by atoms with Crippen molar-refractivity contribution < 1.29 is 4.74 Å². The Kier molecular flexibility index (Phi) is 3.05. The number of ether oxygens (including phenoxy) is 1. The van der Waals surface area contributed by atoms with Crippen molar-refractivity contribution in [1.29, 1.82) is 0 Å². The van der Waals surface area contributed by atoms with E-state index in [9.17, 15) is 0 Å². The van der Waals surface area contributed by atoms with Crippen LogP contribution in [0.3, 0.4) is 0 Å². The first-order valence-corrected chi connectivity index (χ1v) is 5.66. The molecule has 0 radical (unpaired) electrons. The summed E-state index contributed by atoms with van der Waals surface area (Å²) in [5, 5.41) is 0. The molecule has 2 nitrogen and oxygen atoms in total. The smallest absolute Gasteiger partial charge is 0.104 e. The molecule has 70 valence electrons. The summed E-state index contributed by atoms with van der Waals surface area (Å²) in [6, 6.07) is 10.5. The second kappa shape index (κ2) is 4.28. The van der Waals surface area contributed by atoms with Crippen molar-refractivity contribution in [2.75, 3.05) is 24.7 Å². The molecule has 1 aromatic rings. The van der Waals surface area contributed by atoms with E-state index in [4.69, 9.17) is 4.74 Å². The maximum atomic E-state index is 5.38. The second-order valence-electron chi connectivity index (χ2n) is 3.04. The highest BCUT2D eigenvalue weighted by Gasteiger charge is 2.19. The van der Waals surface area contributed by atoms with Crippen LogP contribution in [0.5, 0.6) is 0 Å². The molecule has 0 aromatic heterocycles. The number of alkyl halides is 1. The molecule has 1 saturated heterocycles. The van der Waals surface area contributed by atoms with Crippen molar-refractivity contribution in [2.45, 2.75) is 4.05 Å². The monoisotopic (exact) mass is 289 g/mol. The average molecular weight is 289 g/mol. The average Bonchev–Trinajstić information content (AvgIpc) is 2.20. The summed E-state index contributed by atoms with van der Waals surface area (Å²) < 4.78 is 5.85. The summed E-state index contributed by atoms with van der Waals surface area (Å²) >= 11 is 2.42. The van der Waals surface area contributed by atoms with E-state index in [1.165, 1.54) is 5.69 Å². The number of benzene rings is 1. The third-order valence-corrected chi connectivity index (χ3v) is 3.19. The number of hydrogen-bond donors (Lipinski definition) is 0. The Morgan fingerprint density at radius 2 is 2.08 bits per heavy atom. The summed E-state index contributed by atoms with van der Waals surface area (Å²) in [6.45, 7) is 2.67. The highest BCUT2D eigenvalue weighted by atomic mass is 127. The molecule has 1 heterocycles. The minimum absolute atomic E-state index is 0.466. The van der Waals surface area contributed by atoms with Gasteiger partial charge in [-0.25, -0.2) is 0 Å². The number of para-hydroxylation sites is 1. The fourth-order valence-corrected chi connectivity index (χ4v) is 2.34. The second-order valence-corrected chi connectivity index (χ2v) is 4.48. The number of hydrogen-bond acceptors (Lipinski definition) is 2. The zero-order valence-corrected chi connectivity index (χ0v) is 9.48. The SMILES string of the molecule is IC1COCCN1c1ccccc1. The Bertz CT molecular complexity index is 265. The molecule has 1 fully saturated rings. The summed E-state index contributed by atoms with van der Waals surface area (Å²) in [7, 11) is 0. The molecular weight excluding hydrogens is 277 g/mol. The van der Waals surface area contributed by atoms with Gasteiger partial charge in [0.25, 0.3) is 0 Å². The minimum Gasteiger partial charge on any atom is -0.377 e. The van der Waals surface area contributed by atoms with Crippen LogP contribution in [-0.4, -0.2) is 23.8 Å². The Hall–Kier alpha value is -0.290. The van der Waals surface area contributed by atoms with E-state index < -0.39 is 0 Å². The molecule has 0 spiro atoms. The number of halogens is 1. The molecule has 2 rings (SSSR count). The topological polar surface area (TPSA) is 12.5 Å². The van der Waals surface area contributed by atoms with Crippen LogP contribution in [0.4, 0.5) is 5.69 Å². The van der Waals surface area contributed by atoms with Crippen molar-refractivity contribution in [1.82, 2.24) is 0 Å². The molecule has 1 aliphatic rings. The van der Waals surface area contributed by atoms with Gasteiger partial charge in [0.05, 0.1) is 13.2 Å². The summed E-state index contributed by atoms with van der Waals surface area (Å²) in [5.74, 6) is 0. The van der Waals surface area contributed by atoms with Gasteiger partial charge >= 0.3 is 0 Å². The molecule has 0 bridgehead atoms. The number of anilines is 1. The first-order valence-electron chi connectivity index (χ1n) is 4.41. The van der Waals surface area contributed by atoms with Crippen molar-refractivity contribution >= 4 is 28.3 Å². The van der Waals surface area contributed by atoms with Crippen LogP contribution in [0.2, 0.25) is 0 Å². The van der Waals surface area contributed by atoms with Gasteiger partial charge in [-0.3, -0.25) is 0 Å². The molecule has 0 aliphatic carbocycles. The van der Waals surface area contributed by atoms with Gasteiger partial charge in [0.2, 0.25) is 0 Å². The van der Waals surface area contributed by atoms with Gasteiger partial charge < -0.3 is 9.64 Å². The van der Waals surface area contributed by atoms with E-state index in [1.807, 2.05) is 6.07 Å². The van der Waals surface area contributed by atoms with Gasteiger partial charge in [0.15, 0.2) is 0 Å². The lowest BCUT2D eigenvalue weighted by Gasteiger charge is -2.33. The summed E-state index contributed by atoms with van der Waals surface area (Å²) in [5.41, 5.74) is 1.30. The zero-order valence-electron chi connectivity index (χ0n) is 7.32. The zero-order chi connectivity index (χ0) is 9.10. The molecule has 1 unspecified atom stereocenters. The van der Waals surface area contributed by atoms with Gasteiger partial charge in [0.1, 0.15) is 4.05 Å². The molecule has 0 amide bonds. The van der Waals surface area contributed by atoms with E-state index in [1.54, 1.807) is 0 Å². The normalized spacial score (nSPS) is 23.2. The minimum atomic E-state index is 0.466. The Labute approximate surface area is 92.0 Å². The van der Waals surface area contributed by atoms with Gasteiger partial charge in [-0.2, -0.15) is 0 Å². The van der Waals surface area contributed by atoms with Gasteiger partial charge in [-0.15, -0.1) is 0 Å². The van der Waals surface area contributed by atoms with Crippen molar-refractivity contribution in [3.05, 3.63) is 30.3 Å². The maximum absolute atomic E-state index is 5.38. The lowest BCUT2D eigenvalue weighted by Crippen LogP contribution is -2.41. The predicted octanol–water partition coefficient (Wildman–Crippen LogP) is 2.28. The largest absolute Gasteiger partial charge is 0.377 e.